The van der Waals surface area contributed by atoms with Crippen LogP contribution in [0.5, 0.6) is 0 Å². The molecule has 0 atom stereocenters. The van der Waals surface area contributed by atoms with E-state index >= 15 is 0 Å². The summed E-state index contributed by atoms with van der Waals surface area (Å²) >= 11 is 10.6. The first kappa shape index (κ1) is 12.5. The third-order valence-electron chi connectivity index (χ3n) is 2.06. The van der Waals surface area contributed by atoms with Crippen molar-refractivity contribution in [3.05, 3.63) is 49.8 Å². The number of amides is 1. The molecule has 3 nitrogen and oxygen atoms in total. The third-order valence-corrected chi connectivity index (χ3v) is 3.73. The smallest absolute Gasteiger partial charge is 0.252 e. The molecule has 0 unspecified atom stereocenters. The van der Waals surface area contributed by atoms with Gasteiger partial charge < -0.3 is 5.32 Å². The molecule has 0 aliphatic heterocycles. The molecule has 0 radical (unpaired) electrons. The summed E-state index contributed by atoms with van der Waals surface area (Å²) in [7, 11) is 0. The van der Waals surface area contributed by atoms with Crippen LogP contribution in [0.2, 0.25) is 5.02 Å². The van der Waals surface area contributed by atoms with Gasteiger partial charge in [0.15, 0.2) is 0 Å². The van der Waals surface area contributed by atoms with Gasteiger partial charge >= 0.3 is 0 Å². The molecule has 17 heavy (non-hydrogen) atoms. The van der Waals surface area contributed by atoms with Gasteiger partial charge in [0, 0.05) is 21.1 Å². The Labute approximate surface area is 116 Å². The number of benzene rings is 1. The average molecular weight is 332 g/mol. The predicted octanol–water partition coefficient (Wildman–Crippen LogP) is 3.49. The number of nitrogens with zero attached hydrogens (tertiary/aromatic N) is 1. The molecule has 0 aliphatic rings. The van der Waals surface area contributed by atoms with Crippen LogP contribution in [0.1, 0.15) is 15.4 Å². The maximum absolute atomic E-state index is 11.9. The molecule has 1 N–H and O–H groups in total. The number of nitrogens with one attached hydrogen (secondary N) is 1. The molecule has 6 heteroatoms. The molecular weight excluding hydrogens is 324 g/mol. The summed E-state index contributed by atoms with van der Waals surface area (Å²) in [6.45, 7) is 0.436. The Morgan fingerprint density at radius 3 is 3.00 bits per heavy atom. The second-order valence-electron chi connectivity index (χ2n) is 3.23. The van der Waals surface area contributed by atoms with Crippen molar-refractivity contribution < 1.29 is 4.79 Å². The monoisotopic (exact) mass is 330 g/mol. The van der Waals surface area contributed by atoms with Crippen molar-refractivity contribution in [1.82, 2.24) is 10.3 Å². The maximum Gasteiger partial charge on any atom is 0.252 e. The van der Waals surface area contributed by atoms with E-state index in [1.54, 1.807) is 24.4 Å². The summed E-state index contributed by atoms with van der Waals surface area (Å²) in [4.78, 5) is 16.0. The van der Waals surface area contributed by atoms with E-state index in [4.69, 9.17) is 11.6 Å². The minimum absolute atomic E-state index is 0.149. The second-order valence-corrected chi connectivity index (χ2v) is 5.50. The number of halogens is 2. The van der Waals surface area contributed by atoms with Gasteiger partial charge in [-0.1, -0.05) is 11.6 Å². The predicted molar refractivity (Wildman–Crippen MR) is 72.4 cm³/mol. The van der Waals surface area contributed by atoms with Gasteiger partial charge in [-0.05, 0) is 34.1 Å². The average Bonchev–Trinajstić information content (AvgIpc) is 2.78. The van der Waals surface area contributed by atoms with Crippen LogP contribution in [0.25, 0.3) is 0 Å². The highest BCUT2D eigenvalue weighted by molar-refractivity contribution is 9.10. The van der Waals surface area contributed by atoms with Crippen molar-refractivity contribution >= 4 is 44.8 Å². The summed E-state index contributed by atoms with van der Waals surface area (Å²) < 4.78 is 0.682. The van der Waals surface area contributed by atoms with E-state index in [0.717, 1.165) is 5.01 Å². The van der Waals surface area contributed by atoms with Crippen molar-refractivity contribution in [3.63, 3.8) is 0 Å². The molecule has 88 valence electrons. The largest absolute Gasteiger partial charge is 0.345 e. The van der Waals surface area contributed by atoms with E-state index in [-0.39, 0.29) is 5.91 Å². The first-order chi connectivity index (χ1) is 8.16. The number of thiazole rings is 1. The van der Waals surface area contributed by atoms with Crippen molar-refractivity contribution in [2.45, 2.75) is 6.54 Å². The minimum atomic E-state index is -0.149. The van der Waals surface area contributed by atoms with Crippen LogP contribution < -0.4 is 5.32 Å². The Balaban J connectivity index is 2.04. The van der Waals surface area contributed by atoms with Crippen LogP contribution in [0, 0.1) is 0 Å². The molecule has 0 saturated heterocycles. The molecular formula is C11H8BrClN2OS. The van der Waals surface area contributed by atoms with Gasteiger partial charge in [-0.2, -0.15) is 0 Å². The summed E-state index contributed by atoms with van der Waals surface area (Å²) in [5.41, 5.74) is 0.561. The lowest BCUT2D eigenvalue weighted by molar-refractivity contribution is 0.0950. The Morgan fingerprint density at radius 1 is 1.53 bits per heavy atom. The molecule has 1 aromatic heterocycles. The SMILES string of the molecule is O=C(NCc1nccs1)c1ccc(Cl)cc1Br. The fraction of sp³-hybridized carbons (Fsp3) is 0.0909. The second kappa shape index (κ2) is 5.62. The van der Waals surface area contributed by atoms with E-state index in [9.17, 15) is 4.79 Å². The zero-order valence-electron chi connectivity index (χ0n) is 8.61. The Morgan fingerprint density at radius 2 is 2.35 bits per heavy atom. The van der Waals surface area contributed by atoms with Crippen LogP contribution in [-0.4, -0.2) is 10.9 Å². The quantitative estimate of drug-likeness (QED) is 0.935. The molecule has 2 aromatic rings. The highest BCUT2D eigenvalue weighted by atomic mass is 79.9. The molecule has 1 amide bonds. The lowest BCUT2D eigenvalue weighted by Crippen LogP contribution is -2.23. The number of carbonyl (C=O) groups is 1. The molecule has 0 bridgehead atoms. The number of carbonyl (C=O) groups excluding carboxylic acids is 1. The van der Waals surface area contributed by atoms with Gasteiger partial charge in [0.05, 0.1) is 12.1 Å². The Hall–Kier alpha value is -0.910. The Bertz CT molecular complexity index is 530. The van der Waals surface area contributed by atoms with Gasteiger partial charge in [0.25, 0.3) is 5.91 Å². The molecule has 1 aromatic carbocycles. The van der Waals surface area contributed by atoms with E-state index in [2.05, 4.69) is 26.2 Å². The zero-order valence-corrected chi connectivity index (χ0v) is 11.8. The number of hydrogen-bond acceptors (Lipinski definition) is 3. The lowest BCUT2D eigenvalue weighted by atomic mass is 10.2. The lowest BCUT2D eigenvalue weighted by Gasteiger charge is -2.05. The minimum Gasteiger partial charge on any atom is -0.345 e. The highest BCUT2D eigenvalue weighted by Gasteiger charge is 2.10. The van der Waals surface area contributed by atoms with E-state index < -0.39 is 0 Å². The van der Waals surface area contributed by atoms with Crippen molar-refractivity contribution in [2.75, 3.05) is 0 Å². The number of aromatic nitrogens is 1. The first-order valence-electron chi connectivity index (χ1n) is 4.78. The molecule has 1 heterocycles. The standard InChI is InChI=1S/C11H8BrClN2OS/c12-9-5-7(13)1-2-8(9)11(16)15-6-10-14-3-4-17-10/h1-5H,6H2,(H,15,16). The summed E-state index contributed by atoms with van der Waals surface area (Å²) in [6.07, 6.45) is 1.71. The molecule has 2 rings (SSSR count). The summed E-state index contributed by atoms with van der Waals surface area (Å²) in [5.74, 6) is -0.149. The molecule has 0 fully saturated rings. The summed E-state index contributed by atoms with van der Waals surface area (Å²) in [6, 6.07) is 5.06. The van der Waals surface area contributed by atoms with Gasteiger partial charge in [0.2, 0.25) is 0 Å². The molecule has 0 aliphatic carbocycles. The Kier molecular flexibility index (Phi) is 4.15. The molecule has 0 saturated carbocycles. The fourth-order valence-corrected chi connectivity index (χ4v) is 2.68. The number of rotatable bonds is 3. The van der Waals surface area contributed by atoms with Gasteiger partial charge in [0.1, 0.15) is 5.01 Å². The van der Waals surface area contributed by atoms with Crippen LogP contribution in [0.15, 0.2) is 34.2 Å². The highest BCUT2D eigenvalue weighted by Crippen LogP contribution is 2.21. The third kappa shape index (κ3) is 3.28. The van der Waals surface area contributed by atoms with E-state index in [1.165, 1.54) is 11.3 Å². The normalized spacial score (nSPS) is 10.2. The van der Waals surface area contributed by atoms with Gasteiger partial charge in [-0.25, -0.2) is 4.98 Å². The topological polar surface area (TPSA) is 42.0 Å². The van der Waals surface area contributed by atoms with Crippen molar-refractivity contribution in [2.24, 2.45) is 0 Å². The van der Waals surface area contributed by atoms with Crippen LogP contribution in [0.4, 0.5) is 0 Å². The van der Waals surface area contributed by atoms with Crippen LogP contribution >= 0.6 is 38.9 Å². The van der Waals surface area contributed by atoms with E-state index in [1.807, 2.05) is 5.38 Å². The number of hydrogen-bond donors (Lipinski definition) is 1. The zero-order chi connectivity index (χ0) is 12.3. The fourth-order valence-electron chi connectivity index (χ4n) is 1.27. The maximum atomic E-state index is 11.9. The van der Waals surface area contributed by atoms with Crippen molar-refractivity contribution in [1.29, 1.82) is 0 Å². The van der Waals surface area contributed by atoms with Crippen molar-refractivity contribution in [3.8, 4) is 0 Å². The van der Waals surface area contributed by atoms with Crippen LogP contribution in [-0.2, 0) is 6.54 Å². The first-order valence-corrected chi connectivity index (χ1v) is 6.83. The molecule has 0 spiro atoms. The van der Waals surface area contributed by atoms with Gasteiger partial charge in [-0.3, -0.25) is 4.79 Å². The van der Waals surface area contributed by atoms with E-state index in [0.29, 0.717) is 21.6 Å². The van der Waals surface area contributed by atoms with Gasteiger partial charge in [-0.15, -0.1) is 11.3 Å². The van der Waals surface area contributed by atoms with Crippen LogP contribution in [0.3, 0.4) is 0 Å². The summed E-state index contributed by atoms with van der Waals surface area (Å²) in [5, 5.41) is 6.14.